The number of halogens is 1. The molecule has 5 aromatic rings. The molecule has 1 unspecified atom stereocenters. The van der Waals surface area contributed by atoms with Crippen LogP contribution >= 0.6 is 11.8 Å². The van der Waals surface area contributed by atoms with Gasteiger partial charge in [-0.3, -0.25) is 14.4 Å². The molecule has 5 rings (SSSR count). The molecule has 0 aliphatic heterocycles. The quantitative estimate of drug-likeness (QED) is 0.103. The fourth-order valence-corrected chi connectivity index (χ4v) is 5.59. The average molecular weight is 632 g/mol. The number of hydrogen-bond donors (Lipinski definition) is 3. The van der Waals surface area contributed by atoms with Gasteiger partial charge in [-0.2, -0.15) is 0 Å². The lowest BCUT2D eigenvalue weighted by Gasteiger charge is -2.18. The highest BCUT2D eigenvalue weighted by Gasteiger charge is 2.23. The lowest BCUT2D eigenvalue weighted by molar-refractivity contribution is -0.116. The number of benzene rings is 5. The van der Waals surface area contributed by atoms with Gasteiger partial charge in [0.2, 0.25) is 5.91 Å². The first kappa shape index (κ1) is 31.7. The van der Waals surface area contributed by atoms with Crippen LogP contribution in [0.15, 0.2) is 144 Å². The molecule has 0 aliphatic rings. The Morgan fingerprint density at radius 1 is 0.739 bits per heavy atom. The first-order chi connectivity index (χ1) is 22.4. The van der Waals surface area contributed by atoms with E-state index in [0.717, 1.165) is 5.56 Å². The van der Waals surface area contributed by atoms with Crippen LogP contribution in [0.25, 0.3) is 6.08 Å². The second kappa shape index (κ2) is 15.4. The average Bonchev–Trinajstić information content (AvgIpc) is 3.09. The first-order valence-corrected chi connectivity index (χ1v) is 15.2. The summed E-state index contributed by atoms with van der Waals surface area (Å²) in [5.41, 5.74) is 2.71. The molecule has 0 aromatic heterocycles. The number of hydrogen-bond acceptors (Lipinski definition) is 5. The molecule has 9 heteroatoms. The summed E-state index contributed by atoms with van der Waals surface area (Å²) in [6.07, 6.45) is 1.55. The highest BCUT2D eigenvalue weighted by atomic mass is 32.2. The number of para-hydroxylation sites is 1. The minimum Gasteiger partial charge on any atom is -0.496 e. The smallest absolute Gasteiger partial charge is 0.272 e. The Morgan fingerprint density at radius 2 is 1.41 bits per heavy atom. The number of thioether (sulfide) groups is 1. The summed E-state index contributed by atoms with van der Waals surface area (Å²) in [6, 6.07) is 37.7. The van der Waals surface area contributed by atoms with Crippen molar-refractivity contribution in [3.63, 3.8) is 0 Å². The molecule has 0 fully saturated rings. The molecule has 0 saturated heterocycles. The van der Waals surface area contributed by atoms with Gasteiger partial charge in [0.1, 0.15) is 22.5 Å². The summed E-state index contributed by atoms with van der Waals surface area (Å²) in [7, 11) is 1.53. The van der Waals surface area contributed by atoms with E-state index in [0.29, 0.717) is 33.1 Å². The Balaban J connectivity index is 1.39. The van der Waals surface area contributed by atoms with E-state index in [1.165, 1.54) is 43.1 Å². The first-order valence-electron chi connectivity index (χ1n) is 14.3. The van der Waals surface area contributed by atoms with Gasteiger partial charge in [-0.15, -0.1) is 11.8 Å². The van der Waals surface area contributed by atoms with Crippen molar-refractivity contribution in [3.8, 4) is 5.75 Å². The lowest BCUT2D eigenvalue weighted by Crippen LogP contribution is -2.30. The molecule has 0 radical (unpaired) electrons. The Bertz CT molecular complexity index is 1850. The molecule has 3 amide bonds. The van der Waals surface area contributed by atoms with Crippen LogP contribution in [0.4, 0.5) is 15.8 Å². The van der Waals surface area contributed by atoms with Crippen molar-refractivity contribution in [2.75, 3.05) is 17.7 Å². The third-order valence-electron chi connectivity index (χ3n) is 6.77. The molecular formula is C37H30FN3O4S. The van der Waals surface area contributed by atoms with Gasteiger partial charge in [-0.1, -0.05) is 72.8 Å². The number of anilines is 2. The number of nitrogens with one attached hydrogen (secondary N) is 3. The lowest BCUT2D eigenvalue weighted by atomic mass is 10.1. The molecule has 46 heavy (non-hydrogen) atoms. The van der Waals surface area contributed by atoms with Crippen LogP contribution < -0.4 is 20.7 Å². The minimum absolute atomic E-state index is 0.0113. The zero-order chi connectivity index (χ0) is 32.3. The van der Waals surface area contributed by atoms with Crippen molar-refractivity contribution in [2.45, 2.75) is 10.1 Å². The zero-order valence-corrected chi connectivity index (χ0v) is 25.6. The Morgan fingerprint density at radius 3 is 2.13 bits per heavy atom. The Hall–Kier alpha value is -5.67. The van der Waals surface area contributed by atoms with Gasteiger partial charge in [0, 0.05) is 27.4 Å². The van der Waals surface area contributed by atoms with Gasteiger partial charge < -0.3 is 20.7 Å². The highest BCUT2D eigenvalue weighted by molar-refractivity contribution is 8.00. The molecule has 0 saturated carbocycles. The van der Waals surface area contributed by atoms with Gasteiger partial charge in [-0.25, -0.2) is 4.39 Å². The number of carbonyl (C=O) groups excluding carboxylic acids is 3. The second-order valence-electron chi connectivity index (χ2n) is 10.0. The molecule has 0 heterocycles. The minimum atomic E-state index is -0.650. The fourth-order valence-electron chi connectivity index (χ4n) is 4.51. The molecule has 230 valence electrons. The number of ether oxygens (including phenoxy) is 1. The summed E-state index contributed by atoms with van der Waals surface area (Å²) in [4.78, 5) is 40.9. The van der Waals surface area contributed by atoms with Crippen molar-refractivity contribution in [3.05, 3.63) is 162 Å². The van der Waals surface area contributed by atoms with Crippen LogP contribution in [-0.2, 0) is 9.59 Å². The summed E-state index contributed by atoms with van der Waals surface area (Å²) in [5.74, 6) is -1.15. The molecule has 0 spiro atoms. The normalized spacial score (nSPS) is 11.7. The van der Waals surface area contributed by atoms with E-state index < -0.39 is 22.9 Å². The summed E-state index contributed by atoms with van der Waals surface area (Å²) < 4.78 is 18.9. The maximum absolute atomic E-state index is 13.6. The van der Waals surface area contributed by atoms with E-state index in [9.17, 15) is 18.8 Å². The maximum atomic E-state index is 13.6. The van der Waals surface area contributed by atoms with Crippen LogP contribution in [0.2, 0.25) is 0 Å². The van der Waals surface area contributed by atoms with Gasteiger partial charge >= 0.3 is 0 Å². The third-order valence-corrected chi connectivity index (χ3v) is 8.01. The second-order valence-corrected chi connectivity index (χ2v) is 11.2. The van der Waals surface area contributed by atoms with Crippen molar-refractivity contribution in [2.24, 2.45) is 0 Å². The standard InChI is InChI=1S/C37H30FN3O4S/c1-45-33-18-9-8-15-27(33)23-32(41-35(42)26-13-6-3-7-14-26)36(43)40-30-16-10-17-31(24-30)46-34(25-11-4-2-5-12-25)37(44)39-29-21-19-28(38)20-22-29/h2-24,34H,1H3,(H,39,44)(H,40,43)(H,41,42)/b32-23+. The maximum Gasteiger partial charge on any atom is 0.272 e. The number of rotatable bonds is 11. The van der Waals surface area contributed by atoms with Gasteiger partial charge in [0.15, 0.2) is 0 Å². The van der Waals surface area contributed by atoms with Gasteiger partial charge in [-0.05, 0) is 72.3 Å². The Labute approximate surface area is 270 Å². The van der Waals surface area contributed by atoms with Crippen LogP contribution in [0.1, 0.15) is 26.7 Å². The molecule has 5 aromatic carbocycles. The molecule has 7 nitrogen and oxygen atoms in total. The molecule has 0 aliphatic carbocycles. The van der Waals surface area contributed by atoms with E-state index in [4.69, 9.17) is 4.74 Å². The third kappa shape index (κ3) is 8.49. The van der Waals surface area contributed by atoms with E-state index in [1.807, 2.05) is 42.5 Å². The van der Waals surface area contributed by atoms with Gasteiger partial charge in [0.05, 0.1) is 7.11 Å². The Kier molecular flexibility index (Phi) is 10.6. The van der Waals surface area contributed by atoms with Crippen LogP contribution in [0.3, 0.4) is 0 Å². The molecule has 0 bridgehead atoms. The van der Waals surface area contributed by atoms with Crippen molar-refractivity contribution >= 4 is 46.9 Å². The van der Waals surface area contributed by atoms with Gasteiger partial charge in [0.25, 0.3) is 11.8 Å². The van der Waals surface area contributed by atoms with Crippen molar-refractivity contribution in [1.82, 2.24) is 5.32 Å². The summed E-state index contributed by atoms with van der Waals surface area (Å²) >= 11 is 1.30. The molecule has 3 N–H and O–H groups in total. The van der Waals surface area contributed by atoms with Crippen molar-refractivity contribution < 1.29 is 23.5 Å². The molecule has 1 atom stereocenters. The van der Waals surface area contributed by atoms with Crippen LogP contribution in [0.5, 0.6) is 5.75 Å². The van der Waals surface area contributed by atoms with E-state index >= 15 is 0 Å². The largest absolute Gasteiger partial charge is 0.496 e. The number of methoxy groups -OCH3 is 1. The van der Waals surface area contributed by atoms with E-state index in [-0.39, 0.29) is 11.6 Å². The predicted molar refractivity (Wildman–Crippen MR) is 180 cm³/mol. The number of carbonyl (C=O) groups is 3. The SMILES string of the molecule is COc1ccccc1/C=C(/NC(=O)c1ccccc1)C(=O)Nc1cccc(SC(C(=O)Nc2ccc(F)cc2)c2ccccc2)c1. The van der Waals surface area contributed by atoms with E-state index in [1.54, 1.807) is 72.8 Å². The van der Waals surface area contributed by atoms with Crippen LogP contribution in [0, 0.1) is 5.82 Å². The van der Waals surface area contributed by atoms with Crippen molar-refractivity contribution in [1.29, 1.82) is 0 Å². The molecular weight excluding hydrogens is 601 g/mol. The zero-order valence-electron chi connectivity index (χ0n) is 24.8. The summed E-state index contributed by atoms with van der Waals surface area (Å²) in [6.45, 7) is 0. The highest BCUT2D eigenvalue weighted by Crippen LogP contribution is 2.37. The fraction of sp³-hybridized carbons (Fsp3) is 0.0541. The monoisotopic (exact) mass is 631 g/mol. The van der Waals surface area contributed by atoms with Crippen LogP contribution in [-0.4, -0.2) is 24.8 Å². The topological polar surface area (TPSA) is 96.5 Å². The summed E-state index contributed by atoms with van der Waals surface area (Å²) in [5, 5.41) is 7.82. The predicted octanol–water partition coefficient (Wildman–Crippen LogP) is 7.72. The van der Waals surface area contributed by atoms with E-state index in [2.05, 4.69) is 16.0 Å². The number of amides is 3.